The van der Waals surface area contributed by atoms with Crippen molar-refractivity contribution in [1.29, 1.82) is 0 Å². The Hall–Kier alpha value is -2.26. The van der Waals surface area contributed by atoms with Crippen molar-refractivity contribution in [2.24, 2.45) is 11.7 Å². The zero-order valence-electron chi connectivity index (χ0n) is 14.9. The third-order valence-electron chi connectivity index (χ3n) is 5.21. The number of piperidine rings is 1. The van der Waals surface area contributed by atoms with Gasteiger partial charge in [-0.25, -0.2) is 14.8 Å². The van der Waals surface area contributed by atoms with Crippen molar-refractivity contribution in [3.63, 3.8) is 0 Å². The highest BCUT2D eigenvalue weighted by Crippen LogP contribution is 2.34. The molecule has 1 saturated carbocycles. The lowest BCUT2D eigenvalue weighted by Crippen LogP contribution is -2.39. The average Bonchev–Trinajstić information content (AvgIpc) is 2.63. The Balaban J connectivity index is 1.46. The van der Waals surface area contributed by atoms with E-state index in [0.29, 0.717) is 19.0 Å². The van der Waals surface area contributed by atoms with Crippen LogP contribution in [-0.4, -0.2) is 47.5 Å². The van der Waals surface area contributed by atoms with E-state index in [4.69, 9.17) is 10.5 Å². The summed E-state index contributed by atoms with van der Waals surface area (Å²) in [5.41, 5.74) is 5.80. The first-order chi connectivity index (χ1) is 12.8. The summed E-state index contributed by atoms with van der Waals surface area (Å²) in [4.78, 5) is 21.2. The molecule has 3 N–H and O–H groups in total. The first kappa shape index (κ1) is 19.5. The first-order valence-corrected chi connectivity index (χ1v) is 9.17. The number of primary amides is 1. The van der Waals surface area contributed by atoms with E-state index >= 15 is 0 Å². The molecule has 0 radical (unpaired) electrons. The molecular formula is C17H24F3N5O2. The van der Waals surface area contributed by atoms with E-state index in [9.17, 15) is 18.0 Å². The maximum Gasteiger partial charge on any atom is 0.404 e. The Labute approximate surface area is 155 Å². The number of ether oxygens (including phenoxy) is 1. The quantitative estimate of drug-likeness (QED) is 0.825. The molecule has 0 unspecified atom stereocenters. The van der Waals surface area contributed by atoms with Crippen LogP contribution in [0.1, 0.15) is 38.5 Å². The third-order valence-corrected chi connectivity index (χ3v) is 5.21. The highest BCUT2D eigenvalue weighted by atomic mass is 19.4. The number of alkyl halides is 3. The molecule has 0 aromatic carbocycles. The van der Waals surface area contributed by atoms with E-state index in [1.807, 2.05) is 0 Å². The van der Waals surface area contributed by atoms with Crippen LogP contribution >= 0.6 is 0 Å². The summed E-state index contributed by atoms with van der Waals surface area (Å²) in [5, 5.41) is 3.35. The van der Waals surface area contributed by atoms with Gasteiger partial charge in [-0.05, 0) is 38.5 Å². The molecule has 1 aromatic rings. The van der Waals surface area contributed by atoms with Crippen molar-refractivity contribution in [3.05, 3.63) is 12.4 Å². The number of nitrogens with zero attached hydrogens (tertiary/aromatic N) is 3. The second-order valence-corrected chi connectivity index (χ2v) is 7.13. The Bertz CT molecular complexity index is 624. The Kier molecular flexibility index (Phi) is 5.91. The van der Waals surface area contributed by atoms with E-state index in [1.165, 1.54) is 0 Å². The molecule has 27 heavy (non-hydrogen) atoms. The zero-order valence-corrected chi connectivity index (χ0v) is 14.9. The van der Waals surface area contributed by atoms with Crippen LogP contribution in [0, 0.1) is 5.92 Å². The second kappa shape index (κ2) is 8.18. The lowest BCUT2D eigenvalue weighted by molar-refractivity contribution is -0.179. The summed E-state index contributed by atoms with van der Waals surface area (Å²) in [7, 11) is 0. The SMILES string of the molecule is NC(=O)OC1CCC(Nc2cnc(N3CCC(C(F)(F)F)CC3)nc2)CC1. The molecule has 0 bridgehead atoms. The smallest absolute Gasteiger partial charge is 0.404 e. The molecular weight excluding hydrogens is 363 g/mol. The third kappa shape index (κ3) is 5.36. The van der Waals surface area contributed by atoms with Crippen molar-refractivity contribution in [2.45, 2.75) is 56.8 Å². The highest BCUT2D eigenvalue weighted by molar-refractivity contribution is 5.64. The predicted molar refractivity (Wildman–Crippen MR) is 93.4 cm³/mol. The fourth-order valence-corrected chi connectivity index (χ4v) is 3.69. The van der Waals surface area contributed by atoms with Gasteiger partial charge < -0.3 is 20.7 Å². The molecule has 10 heteroatoms. The van der Waals surface area contributed by atoms with Gasteiger partial charge in [0.25, 0.3) is 0 Å². The minimum Gasteiger partial charge on any atom is -0.446 e. The summed E-state index contributed by atoms with van der Waals surface area (Å²) in [5.74, 6) is -0.775. The molecule has 2 heterocycles. The number of amides is 1. The number of hydrogen-bond donors (Lipinski definition) is 2. The Morgan fingerprint density at radius 2 is 1.70 bits per heavy atom. The molecule has 1 aliphatic carbocycles. The van der Waals surface area contributed by atoms with Gasteiger partial charge in [0.2, 0.25) is 5.95 Å². The number of nitrogens with two attached hydrogens (primary N) is 1. The van der Waals surface area contributed by atoms with E-state index < -0.39 is 18.2 Å². The van der Waals surface area contributed by atoms with E-state index in [0.717, 1.165) is 31.4 Å². The van der Waals surface area contributed by atoms with Crippen LogP contribution in [0.15, 0.2) is 12.4 Å². The van der Waals surface area contributed by atoms with Crippen LogP contribution in [0.25, 0.3) is 0 Å². The molecule has 2 aliphatic rings. The van der Waals surface area contributed by atoms with Gasteiger partial charge in [-0.3, -0.25) is 0 Å². The Morgan fingerprint density at radius 3 is 2.22 bits per heavy atom. The monoisotopic (exact) mass is 387 g/mol. The van der Waals surface area contributed by atoms with Crippen molar-refractivity contribution in [3.8, 4) is 0 Å². The number of hydrogen-bond acceptors (Lipinski definition) is 6. The highest BCUT2D eigenvalue weighted by Gasteiger charge is 2.41. The first-order valence-electron chi connectivity index (χ1n) is 9.17. The van der Waals surface area contributed by atoms with Crippen molar-refractivity contribution < 1.29 is 22.7 Å². The number of carbonyl (C=O) groups excluding carboxylic acids is 1. The number of halogens is 3. The molecule has 0 spiro atoms. The van der Waals surface area contributed by atoms with Gasteiger partial charge in [0.05, 0.1) is 24.0 Å². The fraction of sp³-hybridized carbons (Fsp3) is 0.706. The van der Waals surface area contributed by atoms with Crippen LogP contribution < -0.4 is 16.0 Å². The van der Waals surface area contributed by atoms with Gasteiger partial charge in [0, 0.05) is 19.1 Å². The lowest BCUT2D eigenvalue weighted by atomic mass is 9.93. The van der Waals surface area contributed by atoms with Gasteiger partial charge in [0.1, 0.15) is 6.10 Å². The summed E-state index contributed by atoms with van der Waals surface area (Å²) in [6.45, 7) is 0.613. The van der Waals surface area contributed by atoms with Crippen LogP contribution in [-0.2, 0) is 4.74 Å². The molecule has 1 amide bonds. The maximum absolute atomic E-state index is 12.7. The van der Waals surface area contributed by atoms with Crippen LogP contribution in [0.5, 0.6) is 0 Å². The molecule has 1 saturated heterocycles. The summed E-state index contributed by atoms with van der Waals surface area (Å²) in [6, 6.07) is 0.231. The molecule has 2 fully saturated rings. The van der Waals surface area contributed by atoms with Gasteiger partial charge in [-0.15, -0.1) is 0 Å². The number of rotatable bonds is 4. The maximum atomic E-state index is 12.7. The predicted octanol–water partition coefficient (Wildman–Crippen LogP) is 3.07. The summed E-state index contributed by atoms with van der Waals surface area (Å²) >= 11 is 0. The normalized spacial score (nSPS) is 24.5. The van der Waals surface area contributed by atoms with Crippen molar-refractivity contribution >= 4 is 17.7 Å². The Morgan fingerprint density at radius 1 is 1.11 bits per heavy atom. The molecule has 0 atom stereocenters. The number of carbonyl (C=O) groups is 1. The minimum atomic E-state index is -4.12. The standard InChI is InChI=1S/C17H24F3N5O2/c18-17(19,20)11-5-7-25(8-6-11)16-22-9-13(10-23-16)24-12-1-3-14(4-2-12)27-15(21)26/h9-12,14,24H,1-8H2,(H2,21,26). The number of nitrogens with one attached hydrogen (secondary N) is 1. The van der Waals surface area contributed by atoms with Gasteiger partial charge in [-0.2, -0.15) is 13.2 Å². The van der Waals surface area contributed by atoms with E-state index in [1.54, 1.807) is 17.3 Å². The van der Waals surface area contributed by atoms with Crippen LogP contribution in [0.2, 0.25) is 0 Å². The van der Waals surface area contributed by atoms with Gasteiger partial charge in [0.15, 0.2) is 0 Å². The zero-order chi connectivity index (χ0) is 19.4. The van der Waals surface area contributed by atoms with Crippen LogP contribution in [0.4, 0.5) is 29.6 Å². The van der Waals surface area contributed by atoms with Crippen molar-refractivity contribution in [1.82, 2.24) is 9.97 Å². The number of aromatic nitrogens is 2. The molecule has 7 nitrogen and oxygen atoms in total. The van der Waals surface area contributed by atoms with E-state index in [-0.39, 0.29) is 25.0 Å². The topological polar surface area (TPSA) is 93.4 Å². The molecule has 1 aliphatic heterocycles. The molecule has 1 aromatic heterocycles. The second-order valence-electron chi connectivity index (χ2n) is 7.13. The largest absolute Gasteiger partial charge is 0.446 e. The average molecular weight is 387 g/mol. The van der Waals surface area contributed by atoms with Crippen molar-refractivity contribution in [2.75, 3.05) is 23.3 Å². The summed E-state index contributed by atoms with van der Waals surface area (Å²) < 4.78 is 43.2. The molecule has 3 rings (SSSR count). The van der Waals surface area contributed by atoms with Gasteiger partial charge in [-0.1, -0.05) is 0 Å². The van der Waals surface area contributed by atoms with Gasteiger partial charge >= 0.3 is 12.3 Å². The fourth-order valence-electron chi connectivity index (χ4n) is 3.69. The van der Waals surface area contributed by atoms with E-state index in [2.05, 4.69) is 15.3 Å². The molecule has 150 valence electrons. The minimum absolute atomic E-state index is 0.0729. The lowest BCUT2D eigenvalue weighted by Gasteiger charge is -2.33. The summed E-state index contributed by atoms with van der Waals surface area (Å²) in [6.07, 6.45) is 1.63. The number of anilines is 2. The van der Waals surface area contributed by atoms with Crippen LogP contribution in [0.3, 0.4) is 0 Å².